The first-order chi connectivity index (χ1) is 11.6. The molecule has 134 valence electrons. The topological polar surface area (TPSA) is 74.7 Å². The minimum absolute atomic E-state index is 0.0386. The van der Waals surface area contributed by atoms with Crippen LogP contribution >= 0.6 is 15.9 Å². The van der Waals surface area contributed by atoms with Gasteiger partial charge in [-0.3, -0.25) is 4.31 Å². The second-order valence-electron chi connectivity index (χ2n) is 6.02. The van der Waals surface area contributed by atoms with Gasteiger partial charge in [-0.1, -0.05) is 41.9 Å². The lowest BCUT2D eigenvalue weighted by Crippen LogP contribution is -2.43. The van der Waals surface area contributed by atoms with Crippen LogP contribution < -0.4 is 4.31 Å². The van der Waals surface area contributed by atoms with Crippen molar-refractivity contribution in [2.45, 2.75) is 37.6 Å². The predicted molar refractivity (Wildman–Crippen MR) is 101 cm³/mol. The number of hydrogen-bond acceptors (Lipinski definition) is 3. The highest BCUT2D eigenvalue weighted by atomic mass is 79.9. The number of nitrogens with zero attached hydrogens (tertiary/aromatic N) is 1. The molecule has 0 fully saturated rings. The summed E-state index contributed by atoms with van der Waals surface area (Å²) < 4.78 is 27.8. The molecule has 25 heavy (non-hydrogen) atoms. The van der Waals surface area contributed by atoms with E-state index in [0.717, 1.165) is 14.3 Å². The van der Waals surface area contributed by atoms with E-state index >= 15 is 0 Å². The average Bonchev–Trinajstić information content (AvgIpc) is 2.55. The lowest BCUT2D eigenvalue weighted by atomic mass is 10.0. The van der Waals surface area contributed by atoms with Crippen LogP contribution in [0.25, 0.3) is 0 Å². The number of carboxylic acid groups (broad SMARTS) is 1. The van der Waals surface area contributed by atoms with E-state index in [0.29, 0.717) is 11.6 Å². The van der Waals surface area contributed by atoms with E-state index in [1.165, 1.54) is 19.1 Å². The van der Waals surface area contributed by atoms with E-state index < -0.39 is 22.0 Å². The summed E-state index contributed by atoms with van der Waals surface area (Å²) in [6, 6.07) is 11.8. The van der Waals surface area contributed by atoms with Crippen LogP contribution in [0, 0.1) is 0 Å². The van der Waals surface area contributed by atoms with Crippen LogP contribution in [-0.4, -0.2) is 25.5 Å². The Morgan fingerprint density at radius 2 is 1.52 bits per heavy atom. The molecule has 0 radical (unpaired) electrons. The van der Waals surface area contributed by atoms with Crippen LogP contribution in [0.4, 0.5) is 5.69 Å². The number of rotatable bonds is 6. The first-order valence-electron chi connectivity index (χ1n) is 7.77. The highest BCUT2D eigenvalue weighted by Crippen LogP contribution is 2.28. The van der Waals surface area contributed by atoms with Crippen LogP contribution in [0.5, 0.6) is 0 Å². The van der Waals surface area contributed by atoms with Gasteiger partial charge in [-0.2, -0.15) is 0 Å². The molecular formula is C18H20BrNO4S. The minimum Gasteiger partial charge on any atom is -0.480 e. The van der Waals surface area contributed by atoms with Crippen LogP contribution in [0.2, 0.25) is 0 Å². The minimum atomic E-state index is -4.02. The zero-order chi connectivity index (χ0) is 18.8. The fourth-order valence-electron chi connectivity index (χ4n) is 2.40. The summed E-state index contributed by atoms with van der Waals surface area (Å²) in [6.45, 7) is 5.42. The Labute approximate surface area is 156 Å². The fraction of sp³-hybridized carbons (Fsp3) is 0.278. The molecule has 2 aromatic carbocycles. The molecule has 0 aliphatic carbocycles. The second kappa shape index (κ2) is 7.58. The van der Waals surface area contributed by atoms with Crippen molar-refractivity contribution >= 4 is 37.6 Å². The number of sulfonamides is 1. The molecule has 2 aromatic rings. The van der Waals surface area contributed by atoms with Gasteiger partial charge in [0.25, 0.3) is 10.0 Å². The molecule has 0 saturated carbocycles. The normalized spacial score (nSPS) is 12.8. The average molecular weight is 426 g/mol. The second-order valence-corrected chi connectivity index (χ2v) is 8.75. The Kier molecular flexibility index (Phi) is 5.90. The smallest absolute Gasteiger partial charge is 0.327 e. The summed E-state index contributed by atoms with van der Waals surface area (Å²) in [5.41, 5.74) is 1.37. The van der Waals surface area contributed by atoms with E-state index in [1.54, 1.807) is 24.3 Å². The first-order valence-corrected chi connectivity index (χ1v) is 10.0. The molecule has 0 spiro atoms. The summed E-state index contributed by atoms with van der Waals surface area (Å²) in [7, 11) is -4.02. The number of benzene rings is 2. The van der Waals surface area contributed by atoms with Gasteiger partial charge in [0.1, 0.15) is 6.04 Å². The van der Waals surface area contributed by atoms with Gasteiger partial charge in [0.05, 0.1) is 10.6 Å². The Morgan fingerprint density at radius 1 is 1.00 bits per heavy atom. The van der Waals surface area contributed by atoms with E-state index in [1.807, 2.05) is 26.0 Å². The summed E-state index contributed by atoms with van der Waals surface area (Å²) in [4.78, 5) is 11.5. The Hall–Kier alpha value is -1.86. The number of aliphatic carboxylic acids is 1. The maximum atomic E-state index is 13.1. The van der Waals surface area contributed by atoms with Crippen molar-refractivity contribution in [3.8, 4) is 0 Å². The lowest BCUT2D eigenvalue weighted by Gasteiger charge is -2.28. The van der Waals surface area contributed by atoms with Crippen LogP contribution in [-0.2, 0) is 14.8 Å². The molecule has 0 heterocycles. The molecular weight excluding hydrogens is 406 g/mol. The summed E-state index contributed by atoms with van der Waals surface area (Å²) in [6.07, 6.45) is 0. The van der Waals surface area contributed by atoms with Crippen molar-refractivity contribution in [2.24, 2.45) is 0 Å². The quantitative estimate of drug-likeness (QED) is 0.750. The number of hydrogen-bond donors (Lipinski definition) is 1. The van der Waals surface area contributed by atoms with Gasteiger partial charge >= 0.3 is 5.97 Å². The molecule has 5 nitrogen and oxygen atoms in total. The third-order valence-electron chi connectivity index (χ3n) is 3.89. The predicted octanol–water partition coefficient (Wildman–Crippen LogP) is 4.24. The van der Waals surface area contributed by atoms with Crippen LogP contribution in [0.3, 0.4) is 0 Å². The molecule has 7 heteroatoms. The van der Waals surface area contributed by atoms with Crippen LogP contribution in [0.15, 0.2) is 57.9 Å². The Bertz CT molecular complexity index is 846. The third-order valence-corrected chi connectivity index (χ3v) is 6.34. The Morgan fingerprint density at radius 3 is 1.96 bits per heavy atom. The van der Waals surface area contributed by atoms with Crippen molar-refractivity contribution in [3.05, 3.63) is 58.6 Å². The molecule has 2 rings (SSSR count). The van der Waals surface area contributed by atoms with E-state index in [-0.39, 0.29) is 4.90 Å². The monoisotopic (exact) mass is 425 g/mol. The van der Waals surface area contributed by atoms with Crippen molar-refractivity contribution in [1.82, 2.24) is 0 Å². The van der Waals surface area contributed by atoms with Crippen molar-refractivity contribution in [1.29, 1.82) is 0 Å². The molecule has 0 amide bonds. The van der Waals surface area contributed by atoms with Crippen molar-refractivity contribution < 1.29 is 18.3 Å². The highest BCUT2D eigenvalue weighted by Gasteiger charge is 2.33. The van der Waals surface area contributed by atoms with E-state index in [9.17, 15) is 18.3 Å². The fourth-order valence-corrected chi connectivity index (χ4v) is 4.27. The van der Waals surface area contributed by atoms with Gasteiger partial charge in [0.2, 0.25) is 0 Å². The largest absolute Gasteiger partial charge is 0.480 e. The van der Waals surface area contributed by atoms with Crippen molar-refractivity contribution in [2.75, 3.05) is 4.31 Å². The zero-order valence-electron chi connectivity index (χ0n) is 14.2. The van der Waals surface area contributed by atoms with Gasteiger partial charge in [-0.05, 0) is 54.8 Å². The van der Waals surface area contributed by atoms with E-state index in [2.05, 4.69) is 15.9 Å². The number of carbonyl (C=O) groups is 1. The standard InChI is InChI=1S/C18H20BrNO4S/c1-12(2)14-4-8-16(9-5-14)20(13(3)18(21)22)25(23,24)17-10-6-15(19)7-11-17/h4-13H,1-3H3,(H,21,22). The first kappa shape index (κ1) is 19.5. The molecule has 1 N–H and O–H groups in total. The molecule has 1 unspecified atom stereocenters. The van der Waals surface area contributed by atoms with Gasteiger partial charge in [-0.25, -0.2) is 13.2 Å². The molecule has 0 aromatic heterocycles. The summed E-state index contributed by atoms with van der Waals surface area (Å²) in [5.74, 6) is -0.920. The SMILES string of the molecule is CC(C)c1ccc(N(C(C)C(=O)O)S(=O)(=O)c2ccc(Br)cc2)cc1. The maximum absolute atomic E-state index is 13.1. The number of carboxylic acids is 1. The van der Waals surface area contributed by atoms with Crippen molar-refractivity contribution in [3.63, 3.8) is 0 Å². The molecule has 1 atom stereocenters. The zero-order valence-corrected chi connectivity index (χ0v) is 16.6. The molecule has 0 aliphatic rings. The van der Waals surface area contributed by atoms with Gasteiger partial charge in [-0.15, -0.1) is 0 Å². The van der Waals surface area contributed by atoms with E-state index in [4.69, 9.17) is 0 Å². The summed E-state index contributed by atoms with van der Waals surface area (Å²) in [5, 5.41) is 9.40. The lowest BCUT2D eigenvalue weighted by molar-refractivity contribution is -0.137. The molecule has 0 aliphatic heterocycles. The molecule has 0 saturated heterocycles. The highest BCUT2D eigenvalue weighted by molar-refractivity contribution is 9.10. The Balaban J connectivity index is 2.56. The van der Waals surface area contributed by atoms with Gasteiger partial charge in [0, 0.05) is 4.47 Å². The third kappa shape index (κ3) is 4.22. The van der Waals surface area contributed by atoms with Gasteiger partial charge < -0.3 is 5.11 Å². The number of anilines is 1. The number of halogens is 1. The maximum Gasteiger partial charge on any atom is 0.327 e. The van der Waals surface area contributed by atoms with Crippen LogP contribution in [0.1, 0.15) is 32.3 Å². The van der Waals surface area contributed by atoms with Gasteiger partial charge in [0.15, 0.2) is 0 Å². The summed E-state index contributed by atoms with van der Waals surface area (Å²) >= 11 is 3.27. The molecule has 0 bridgehead atoms.